The molecule has 1 rings (SSSR count). The highest BCUT2D eigenvalue weighted by atomic mass is 19.4. The maximum atomic E-state index is 12.9. The molecule has 0 spiro atoms. The van der Waals surface area contributed by atoms with E-state index in [9.17, 15) is 18.0 Å². The maximum Gasteiger partial charge on any atom is 0.433 e. The van der Waals surface area contributed by atoms with Crippen LogP contribution in [0.5, 0.6) is 0 Å². The van der Waals surface area contributed by atoms with E-state index < -0.39 is 17.8 Å². The number of hydrogen-bond donors (Lipinski definition) is 0. The monoisotopic (exact) mass is 354 g/mol. The molecule has 136 valence electrons. The molecular formula is C18H21F3N2O2. The molecule has 1 aromatic heterocycles. The summed E-state index contributed by atoms with van der Waals surface area (Å²) in [7, 11) is 0. The topological polar surface area (TPSA) is 42.4 Å². The predicted molar refractivity (Wildman–Crippen MR) is 89.6 cm³/mol. The highest BCUT2D eigenvalue weighted by molar-refractivity contribution is 5.87. The second kappa shape index (κ2) is 9.84. The van der Waals surface area contributed by atoms with Gasteiger partial charge in [-0.3, -0.25) is 4.90 Å². The van der Waals surface area contributed by atoms with Gasteiger partial charge in [-0.05, 0) is 44.1 Å². The molecule has 0 amide bonds. The Balaban J connectivity index is 3.15. The zero-order valence-corrected chi connectivity index (χ0v) is 14.5. The van der Waals surface area contributed by atoms with Crippen LogP contribution in [0.15, 0.2) is 18.2 Å². The van der Waals surface area contributed by atoms with Crippen molar-refractivity contribution in [2.45, 2.75) is 26.9 Å². The zero-order valence-electron chi connectivity index (χ0n) is 14.5. The highest BCUT2D eigenvalue weighted by Gasteiger charge is 2.32. The Morgan fingerprint density at radius 2 is 1.96 bits per heavy atom. The van der Waals surface area contributed by atoms with Gasteiger partial charge in [-0.2, -0.15) is 13.2 Å². The lowest BCUT2D eigenvalue weighted by Gasteiger charge is -2.13. The first-order chi connectivity index (χ1) is 11.8. The van der Waals surface area contributed by atoms with Crippen molar-refractivity contribution in [1.82, 2.24) is 9.88 Å². The van der Waals surface area contributed by atoms with Gasteiger partial charge in [0, 0.05) is 11.6 Å². The summed E-state index contributed by atoms with van der Waals surface area (Å²) < 4.78 is 43.3. The average Bonchev–Trinajstić information content (AvgIpc) is 2.56. The molecule has 0 saturated carbocycles. The van der Waals surface area contributed by atoms with Gasteiger partial charge >= 0.3 is 12.1 Å². The van der Waals surface area contributed by atoms with Gasteiger partial charge in [0.1, 0.15) is 11.4 Å². The molecule has 0 radical (unpaired) electrons. The number of hydrogen-bond acceptors (Lipinski definition) is 4. The fraction of sp³-hybridized carbons (Fsp3) is 0.444. The van der Waals surface area contributed by atoms with E-state index in [0.717, 1.165) is 25.2 Å². The quantitative estimate of drug-likeness (QED) is 0.446. The van der Waals surface area contributed by atoms with E-state index in [2.05, 4.69) is 16.8 Å². The van der Waals surface area contributed by atoms with Crippen molar-refractivity contribution in [2.24, 2.45) is 0 Å². The number of rotatable bonds is 6. The van der Waals surface area contributed by atoms with Crippen LogP contribution in [0, 0.1) is 11.8 Å². The van der Waals surface area contributed by atoms with Crippen LogP contribution in [-0.2, 0) is 15.7 Å². The lowest BCUT2D eigenvalue weighted by Crippen LogP contribution is -2.22. The van der Waals surface area contributed by atoms with Crippen LogP contribution in [0.2, 0.25) is 0 Å². The predicted octanol–water partition coefficient (Wildman–Crippen LogP) is 3.37. The van der Waals surface area contributed by atoms with E-state index in [1.165, 1.54) is 12.1 Å². The van der Waals surface area contributed by atoms with E-state index in [1.54, 1.807) is 6.92 Å². The molecular weight excluding hydrogens is 333 g/mol. The molecule has 0 aliphatic heterocycles. The minimum Gasteiger partial charge on any atom is -0.463 e. The van der Waals surface area contributed by atoms with Crippen LogP contribution in [0.4, 0.5) is 13.2 Å². The number of aromatic nitrogens is 1. The average molecular weight is 354 g/mol. The summed E-state index contributed by atoms with van der Waals surface area (Å²) in [4.78, 5) is 17.0. The van der Waals surface area contributed by atoms with Gasteiger partial charge in [0.2, 0.25) is 0 Å². The molecule has 0 atom stereocenters. The van der Waals surface area contributed by atoms with Gasteiger partial charge in [0.05, 0.1) is 13.2 Å². The first-order valence-electron chi connectivity index (χ1n) is 7.96. The molecule has 7 heteroatoms. The van der Waals surface area contributed by atoms with Crippen LogP contribution >= 0.6 is 0 Å². The first kappa shape index (κ1) is 20.7. The minimum absolute atomic E-state index is 0.0254. The maximum absolute atomic E-state index is 12.9. The third kappa shape index (κ3) is 6.98. The largest absolute Gasteiger partial charge is 0.463 e. The number of carbonyl (C=O) groups is 1. The number of esters is 1. The fourth-order valence-electron chi connectivity index (χ4n) is 1.89. The van der Waals surface area contributed by atoms with Crippen molar-refractivity contribution in [1.29, 1.82) is 0 Å². The van der Waals surface area contributed by atoms with Gasteiger partial charge in [-0.15, -0.1) is 0 Å². The van der Waals surface area contributed by atoms with Gasteiger partial charge in [0.25, 0.3) is 0 Å². The van der Waals surface area contributed by atoms with Crippen molar-refractivity contribution in [3.05, 3.63) is 35.2 Å². The van der Waals surface area contributed by atoms with E-state index >= 15 is 0 Å². The lowest BCUT2D eigenvalue weighted by atomic mass is 10.1. The molecule has 0 aromatic carbocycles. The molecule has 0 saturated heterocycles. The summed E-state index contributed by atoms with van der Waals surface area (Å²) in [6.07, 6.45) is -2.06. The summed E-state index contributed by atoms with van der Waals surface area (Å²) in [5, 5.41) is 0. The number of pyridine rings is 1. The molecule has 1 heterocycles. The summed E-state index contributed by atoms with van der Waals surface area (Å²) in [6, 6.07) is 2.10. The van der Waals surface area contributed by atoms with Crippen LogP contribution in [0.1, 0.15) is 37.7 Å². The normalized spacial score (nSPS) is 11.5. The standard InChI is InChI=1S/C18H21F3N2O2/c1-4-23(5-2)13-7-8-15-14(10-12-17(24)25-6-3)9-11-16(22-15)18(19,20)21/h9-12H,4-6,13H2,1-3H3. The van der Waals surface area contributed by atoms with Crippen LogP contribution in [-0.4, -0.2) is 42.1 Å². The van der Waals surface area contributed by atoms with Gasteiger partial charge in [-0.25, -0.2) is 9.78 Å². The SMILES string of the molecule is CCOC(=O)C=Cc1ccc(C(F)(F)F)nc1C#CCN(CC)CC. The molecule has 25 heavy (non-hydrogen) atoms. The van der Waals surface area contributed by atoms with Crippen molar-refractivity contribution in [3.8, 4) is 11.8 Å². The third-order valence-electron chi connectivity index (χ3n) is 3.31. The molecule has 0 unspecified atom stereocenters. The van der Waals surface area contributed by atoms with Crippen molar-refractivity contribution in [2.75, 3.05) is 26.2 Å². The Labute approximate surface area is 145 Å². The lowest BCUT2D eigenvalue weighted by molar-refractivity contribution is -0.141. The van der Waals surface area contributed by atoms with Crippen molar-refractivity contribution < 1.29 is 22.7 Å². The number of nitrogens with zero attached hydrogens (tertiary/aromatic N) is 2. The van der Waals surface area contributed by atoms with E-state index in [-0.39, 0.29) is 12.3 Å². The second-order valence-corrected chi connectivity index (χ2v) is 4.98. The second-order valence-electron chi connectivity index (χ2n) is 4.98. The molecule has 4 nitrogen and oxygen atoms in total. The molecule has 0 bridgehead atoms. The minimum atomic E-state index is -4.56. The Bertz CT molecular complexity index is 669. The van der Waals surface area contributed by atoms with Gasteiger partial charge in [-0.1, -0.05) is 19.8 Å². The molecule has 0 aliphatic rings. The molecule has 0 N–H and O–H groups in total. The molecule has 1 aromatic rings. The van der Waals surface area contributed by atoms with Gasteiger partial charge in [0.15, 0.2) is 0 Å². The first-order valence-corrected chi connectivity index (χ1v) is 7.96. The number of ether oxygens (including phenoxy) is 1. The van der Waals surface area contributed by atoms with E-state index in [0.29, 0.717) is 12.1 Å². The fourth-order valence-corrected chi connectivity index (χ4v) is 1.89. The molecule has 0 aliphatic carbocycles. The Kier molecular flexibility index (Phi) is 8.16. The number of alkyl halides is 3. The summed E-state index contributed by atoms with van der Waals surface area (Å²) >= 11 is 0. The van der Waals surface area contributed by atoms with E-state index in [1.807, 2.05) is 18.7 Å². The van der Waals surface area contributed by atoms with Crippen LogP contribution in [0.25, 0.3) is 6.08 Å². The van der Waals surface area contributed by atoms with Crippen LogP contribution < -0.4 is 0 Å². The Morgan fingerprint density at radius 1 is 1.28 bits per heavy atom. The number of halogens is 3. The summed E-state index contributed by atoms with van der Waals surface area (Å²) in [5.41, 5.74) is -0.719. The third-order valence-corrected chi connectivity index (χ3v) is 3.31. The van der Waals surface area contributed by atoms with Gasteiger partial charge < -0.3 is 4.74 Å². The summed E-state index contributed by atoms with van der Waals surface area (Å²) in [6.45, 7) is 7.82. The van der Waals surface area contributed by atoms with Crippen molar-refractivity contribution in [3.63, 3.8) is 0 Å². The number of carbonyl (C=O) groups excluding carboxylic acids is 1. The molecule has 0 fully saturated rings. The smallest absolute Gasteiger partial charge is 0.433 e. The summed E-state index contributed by atoms with van der Waals surface area (Å²) in [5.74, 6) is 4.93. The zero-order chi connectivity index (χ0) is 18.9. The van der Waals surface area contributed by atoms with Crippen molar-refractivity contribution >= 4 is 12.0 Å². The Hall–Kier alpha value is -2.33. The van der Waals surface area contributed by atoms with Crippen LogP contribution in [0.3, 0.4) is 0 Å². The highest BCUT2D eigenvalue weighted by Crippen LogP contribution is 2.28. The van der Waals surface area contributed by atoms with E-state index in [4.69, 9.17) is 4.74 Å². The Morgan fingerprint density at radius 3 is 2.52 bits per heavy atom.